The topological polar surface area (TPSA) is 257 Å². The number of para-hydroxylation sites is 1. The van der Waals surface area contributed by atoms with Crippen LogP contribution in [0.5, 0.6) is 5.75 Å². The fraction of sp³-hybridized carbons (Fsp3) is 0.316. The molecule has 15 nitrogen and oxygen atoms in total. The van der Waals surface area contributed by atoms with Crippen molar-refractivity contribution < 1.29 is 29.1 Å². The molecule has 1 aromatic heterocycles. The number of phenols is 1. The van der Waals surface area contributed by atoms with Gasteiger partial charge in [-0.2, -0.15) is 12.6 Å². The van der Waals surface area contributed by atoms with Gasteiger partial charge >= 0.3 is 0 Å². The average molecular weight is 758 g/mol. The molecule has 1 heterocycles. The normalized spacial score (nSPS) is 13.1. The molecule has 0 aliphatic rings. The molecule has 0 unspecified atom stereocenters. The van der Waals surface area contributed by atoms with E-state index in [0.717, 1.165) is 27.6 Å². The highest BCUT2D eigenvalue weighted by Gasteiger charge is 2.31. The summed E-state index contributed by atoms with van der Waals surface area (Å²) >= 11 is 4.27. The van der Waals surface area contributed by atoms with Gasteiger partial charge in [0.15, 0.2) is 5.96 Å². The number of aromatic nitrogens is 1. The van der Waals surface area contributed by atoms with Crippen LogP contribution in [0.25, 0.3) is 10.9 Å². The van der Waals surface area contributed by atoms with E-state index in [1.165, 1.54) is 12.1 Å². The molecule has 0 spiro atoms. The summed E-state index contributed by atoms with van der Waals surface area (Å²) in [6.45, 7) is 0.223. The first kappa shape index (κ1) is 40.7. The van der Waals surface area contributed by atoms with Crippen LogP contribution in [-0.4, -0.2) is 82.1 Å². The number of fused-ring (bicyclic) bond motifs is 1. The smallest absolute Gasteiger partial charge is 0.244 e. The van der Waals surface area contributed by atoms with Crippen molar-refractivity contribution in [2.45, 2.75) is 62.7 Å². The van der Waals surface area contributed by atoms with Gasteiger partial charge in [0, 0.05) is 48.7 Å². The standard InChI is InChI=1S/C38H47N9O6S/c39-34(50)30(20-25-21-43-28-10-5-4-9-27(25)28)46-37(53)32(22-54)47-35(51)29(11-6-18-42-38(40)41)45-36(52)31(19-24-7-2-1-3-8-24)44-33(49)17-14-23-12-15-26(48)16-13-23/h1-5,7-10,12-13,15-16,21,29-32,43,48,54H,6,11,14,17-20,22H2,(H2,39,50)(H,44,49)(H,45,52)(H,46,53)(H,47,51)(H4,40,41,42)/t29-,30-,31+,32-/m0/s1. The number of primary amides is 1. The van der Waals surface area contributed by atoms with E-state index in [4.69, 9.17) is 16.9 Å². The van der Waals surface area contributed by atoms with Gasteiger partial charge in [-0.15, -0.1) is 0 Å². The van der Waals surface area contributed by atoms with Crippen molar-refractivity contribution in [1.82, 2.24) is 31.6 Å². The third-order valence-corrected chi connectivity index (χ3v) is 9.07. The monoisotopic (exact) mass is 757 g/mol. The van der Waals surface area contributed by atoms with Gasteiger partial charge in [-0.05, 0) is 54.2 Å². The lowest BCUT2D eigenvalue weighted by Crippen LogP contribution is -2.59. The average Bonchev–Trinajstić information content (AvgIpc) is 3.56. The largest absolute Gasteiger partial charge is 0.508 e. The molecule has 4 atom stereocenters. The summed E-state index contributed by atoms with van der Waals surface area (Å²) < 4.78 is 0. The lowest BCUT2D eigenvalue weighted by Gasteiger charge is -2.26. The summed E-state index contributed by atoms with van der Waals surface area (Å²) in [6.07, 6.45) is 2.78. The molecule has 5 amide bonds. The Morgan fingerprint density at radius 1 is 0.741 bits per heavy atom. The maximum Gasteiger partial charge on any atom is 0.244 e. The highest BCUT2D eigenvalue weighted by Crippen LogP contribution is 2.19. The Bertz CT molecular complexity index is 1900. The molecule has 12 N–H and O–H groups in total. The first-order chi connectivity index (χ1) is 25.9. The van der Waals surface area contributed by atoms with Gasteiger partial charge in [-0.25, -0.2) is 0 Å². The number of benzene rings is 3. The summed E-state index contributed by atoms with van der Waals surface area (Å²) in [7, 11) is 0. The number of carbonyl (C=O) groups excluding carboxylic acids is 5. The maximum absolute atomic E-state index is 13.9. The van der Waals surface area contributed by atoms with Gasteiger partial charge in [-0.1, -0.05) is 60.7 Å². The number of hydrogen-bond donors (Lipinski definition) is 11. The Morgan fingerprint density at radius 3 is 2.06 bits per heavy atom. The minimum atomic E-state index is -1.21. The Balaban J connectivity index is 1.46. The molecule has 0 radical (unpaired) electrons. The van der Waals surface area contributed by atoms with E-state index in [1.807, 2.05) is 42.5 Å². The Labute approximate surface area is 318 Å². The van der Waals surface area contributed by atoms with Crippen molar-refractivity contribution in [2.75, 3.05) is 12.3 Å². The van der Waals surface area contributed by atoms with Gasteiger partial charge in [0.05, 0.1) is 0 Å². The molecule has 4 aromatic rings. The lowest BCUT2D eigenvalue weighted by molar-refractivity contribution is -0.134. The molecule has 0 aliphatic heterocycles. The molecule has 4 rings (SSSR count). The summed E-state index contributed by atoms with van der Waals surface area (Å²) in [5, 5.41) is 31.3. The Hall–Kier alpha value is -6.03. The number of H-pyrrole nitrogens is 1. The zero-order valence-corrected chi connectivity index (χ0v) is 30.5. The Kier molecular flexibility index (Phi) is 15.3. The van der Waals surface area contributed by atoms with Crippen LogP contribution in [0.15, 0.2) is 85.1 Å². The predicted octanol–water partition coefficient (Wildman–Crippen LogP) is 0.909. The second kappa shape index (κ2) is 20.3. The van der Waals surface area contributed by atoms with Crippen LogP contribution >= 0.6 is 12.6 Å². The molecule has 0 bridgehead atoms. The van der Waals surface area contributed by atoms with Gasteiger partial charge in [0.25, 0.3) is 0 Å². The van der Waals surface area contributed by atoms with E-state index in [0.29, 0.717) is 12.8 Å². The first-order valence-corrected chi connectivity index (χ1v) is 18.1. The number of nitrogens with two attached hydrogens (primary N) is 2. The van der Waals surface area contributed by atoms with Crippen LogP contribution < -0.4 is 38.1 Å². The van der Waals surface area contributed by atoms with Crippen LogP contribution in [0, 0.1) is 5.41 Å². The minimum Gasteiger partial charge on any atom is -0.508 e. The van der Waals surface area contributed by atoms with Crippen molar-refractivity contribution in [3.05, 3.63) is 102 Å². The molecule has 16 heteroatoms. The van der Waals surface area contributed by atoms with E-state index in [9.17, 15) is 29.1 Å². The number of aromatic amines is 1. The van der Waals surface area contributed by atoms with Gasteiger partial charge in [0.2, 0.25) is 29.5 Å². The van der Waals surface area contributed by atoms with Crippen LogP contribution in [-0.2, 0) is 43.2 Å². The van der Waals surface area contributed by atoms with Crippen molar-refractivity contribution in [2.24, 2.45) is 11.5 Å². The third kappa shape index (κ3) is 12.6. The van der Waals surface area contributed by atoms with Gasteiger partial charge in [0.1, 0.15) is 29.9 Å². The van der Waals surface area contributed by atoms with E-state index in [1.54, 1.807) is 30.5 Å². The number of phenolic OH excluding ortho intramolecular Hbond substituents is 1. The third-order valence-electron chi connectivity index (χ3n) is 8.70. The van der Waals surface area contributed by atoms with Crippen LogP contribution in [0.1, 0.15) is 36.0 Å². The number of guanidine groups is 1. The molecule has 0 saturated heterocycles. The summed E-state index contributed by atoms with van der Waals surface area (Å²) in [6, 6.07) is 18.5. The number of thiol groups is 1. The fourth-order valence-corrected chi connectivity index (χ4v) is 6.06. The molecule has 286 valence electrons. The zero-order chi connectivity index (χ0) is 39.0. The first-order valence-electron chi connectivity index (χ1n) is 17.5. The molecular weight excluding hydrogens is 711 g/mol. The predicted molar refractivity (Wildman–Crippen MR) is 208 cm³/mol. The van der Waals surface area contributed by atoms with Crippen LogP contribution in [0.3, 0.4) is 0 Å². The number of aromatic hydroxyl groups is 1. The molecule has 0 saturated carbocycles. The number of hydrogen-bond acceptors (Lipinski definition) is 8. The molecule has 54 heavy (non-hydrogen) atoms. The highest BCUT2D eigenvalue weighted by atomic mass is 32.1. The summed E-state index contributed by atoms with van der Waals surface area (Å²) in [5.41, 5.74) is 14.3. The quantitative estimate of drug-likeness (QED) is 0.0267. The second-order valence-corrected chi connectivity index (χ2v) is 13.2. The number of rotatable bonds is 20. The molecule has 3 aromatic carbocycles. The van der Waals surface area contributed by atoms with Crippen molar-refractivity contribution in [1.29, 1.82) is 5.41 Å². The van der Waals surface area contributed by atoms with Crippen LogP contribution in [0.4, 0.5) is 0 Å². The van der Waals surface area contributed by atoms with E-state index in [-0.39, 0.29) is 49.7 Å². The van der Waals surface area contributed by atoms with Crippen LogP contribution in [0.2, 0.25) is 0 Å². The van der Waals surface area contributed by atoms with E-state index in [2.05, 4.69) is 44.2 Å². The van der Waals surface area contributed by atoms with Crippen molar-refractivity contribution >= 4 is 59.0 Å². The highest BCUT2D eigenvalue weighted by molar-refractivity contribution is 7.80. The lowest BCUT2D eigenvalue weighted by atomic mass is 10.0. The SMILES string of the molecule is N=C(N)NCCC[C@H](NC(=O)[C@@H](Cc1ccccc1)NC(=O)CCc1ccc(O)cc1)C(=O)N[C@@H](CS)C(=O)N[C@@H](Cc1c[nH]c2ccccc12)C(N)=O. The van der Waals surface area contributed by atoms with E-state index < -0.39 is 53.7 Å². The summed E-state index contributed by atoms with van der Waals surface area (Å²) in [4.78, 5) is 69.7. The molecule has 0 fully saturated rings. The number of nitrogens with one attached hydrogen (secondary N) is 7. The number of aryl methyl sites for hydroxylation is 1. The summed E-state index contributed by atoms with van der Waals surface area (Å²) in [5.74, 6) is -3.49. The second-order valence-electron chi connectivity index (χ2n) is 12.8. The Morgan fingerprint density at radius 2 is 1.37 bits per heavy atom. The van der Waals surface area contributed by atoms with E-state index >= 15 is 0 Å². The van der Waals surface area contributed by atoms with Gasteiger partial charge in [-0.3, -0.25) is 29.4 Å². The minimum absolute atomic E-state index is 0.0648. The van der Waals surface area contributed by atoms with Crippen molar-refractivity contribution in [3.8, 4) is 5.75 Å². The zero-order valence-electron chi connectivity index (χ0n) is 29.6. The number of carbonyl (C=O) groups is 5. The molecule has 0 aliphatic carbocycles. The van der Waals surface area contributed by atoms with Gasteiger partial charge < -0.3 is 48.1 Å². The maximum atomic E-state index is 13.9. The fourth-order valence-electron chi connectivity index (χ4n) is 5.80. The number of amides is 5. The van der Waals surface area contributed by atoms with Crippen molar-refractivity contribution in [3.63, 3.8) is 0 Å². The molecular formula is C38H47N9O6S.